The van der Waals surface area contributed by atoms with Crippen LogP contribution in [0.4, 0.5) is 4.39 Å². The van der Waals surface area contributed by atoms with E-state index in [4.69, 9.17) is 14.2 Å². The van der Waals surface area contributed by atoms with E-state index in [-0.39, 0.29) is 12.2 Å². The van der Waals surface area contributed by atoms with Crippen LogP contribution in [0.3, 0.4) is 0 Å². The minimum Gasteiger partial charge on any atom is -0.505 e. The zero-order valence-electron chi connectivity index (χ0n) is 13.6. The van der Waals surface area contributed by atoms with Crippen molar-refractivity contribution in [2.45, 2.75) is 44.4 Å². The molecule has 9 heteroatoms. The Kier molecular flexibility index (Phi) is 5.93. The fraction of sp³-hybridized carbons (Fsp3) is 0.500. The third-order valence-electron chi connectivity index (χ3n) is 3.75. The molecule has 2 rings (SSSR count). The standard InChI is InChI=1S/C16H19FO8/c1-7(18)23-6-11-16(24-8(2)19)14(22)13(21)15(25-11)9-4-3-5-10(20)12(9)17/h3-5,11,13-16,20-22H,6H2,1-2H3/t11-,13+,14-,15-,16+/m1/s1. The summed E-state index contributed by atoms with van der Waals surface area (Å²) < 4.78 is 29.5. The van der Waals surface area contributed by atoms with Crippen LogP contribution in [0.2, 0.25) is 0 Å². The number of phenolic OH excluding ortho intramolecular Hbond substituents is 1. The van der Waals surface area contributed by atoms with Crippen molar-refractivity contribution in [3.8, 4) is 5.75 Å². The Bertz CT molecular complexity index is 649. The van der Waals surface area contributed by atoms with Gasteiger partial charge < -0.3 is 29.5 Å². The summed E-state index contributed by atoms with van der Waals surface area (Å²) in [4.78, 5) is 22.2. The summed E-state index contributed by atoms with van der Waals surface area (Å²) in [6.07, 6.45) is -7.09. The van der Waals surface area contributed by atoms with Crippen molar-refractivity contribution in [2.24, 2.45) is 0 Å². The Morgan fingerprint density at radius 3 is 2.48 bits per heavy atom. The van der Waals surface area contributed by atoms with Crippen LogP contribution in [-0.2, 0) is 23.8 Å². The molecule has 1 saturated heterocycles. The van der Waals surface area contributed by atoms with Crippen LogP contribution in [0.5, 0.6) is 5.75 Å². The summed E-state index contributed by atoms with van der Waals surface area (Å²) in [6.45, 7) is 1.87. The van der Waals surface area contributed by atoms with Crippen molar-refractivity contribution in [2.75, 3.05) is 6.61 Å². The van der Waals surface area contributed by atoms with Crippen molar-refractivity contribution >= 4 is 11.9 Å². The molecule has 8 nitrogen and oxygen atoms in total. The summed E-state index contributed by atoms with van der Waals surface area (Å²) in [5, 5.41) is 30.0. The average molecular weight is 358 g/mol. The Morgan fingerprint density at radius 1 is 1.20 bits per heavy atom. The number of hydrogen-bond donors (Lipinski definition) is 3. The van der Waals surface area contributed by atoms with Crippen LogP contribution in [0.15, 0.2) is 18.2 Å². The number of aliphatic hydroxyl groups excluding tert-OH is 2. The quantitative estimate of drug-likeness (QED) is 0.652. The van der Waals surface area contributed by atoms with E-state index < -0.39 is 54.0 Å². The van der Waals surface area contributed by atoms with Gasteiger partial charge in [-0.2, -0.15) is 0 Å². The van der Waals surface area contributed by atoms with Gasteiger partial charge in [-0.15, -0.1) is 0 Å². The van der Waals surface area contributed by atoms with Gasteiger partial charge >= 0.3 is 11.9 Å². The predicted octanol–water partition coefficient (Wildman–Crippen LogP) is 0.188. The number of halogens is 1. The lowest BCUT2D eigenvalue weighted by atomic mass is 9.90. The molecule has 25 heavy (non-hydrogen) atoms. The number of carbonyl (C=O) groups excluding carboxylic acids is 2. The Morgan fingerprint density at radius 2 is 1.88 bits per heavy atom. The SMILES string of the molecule is CC(=O)OC[C@H]1O[C@H](c2cccc(O)c2F)[C@@H](O)[C@@H](O)[C@H]1OC(C)=O. The lowest BCUT2D eigenvalue weighted by molar-refractivity contribution is -0.243. The van der Waals surface area contributed by atoms with Gasteiger partial charge in [0.1, 0.15) is 31.0 Å². The number of benzene rings is 1. The van der Waals surface area contributed by atoms with E-state index in [1.54, 1.807) is 0 Å². The second kappa shape index (κ2) is 7.77. The molecule has 0 bridgehead atoms. The number of aliphatic hydroxyl groups is 2. The van der Waals surface area contributed by atoms with E-state index in [0.717, 1.165) is 19.9 Å². The number of rotatable bonds is 4. The van der Waals surface area contributed by atoms with Gasteiger partial charge in [0.2, 0.25) is 0 Å². The van der Waals surface area contributed by atoms with E-state index in [2.05, 4.69) is 0 Å². The van der Waals surface area contributed by atoms with Crippen LogP contribution >= 0.6 is 0 Å². The maximum atomic E-state index is 14.1. The monoisotopic (exact) mass is 358 g/mol. The van der Waals surface area contributed by atoms with E-state index in [1.165, 1.54) is 12.1 Å². The zero-order chi connectivity index (χ0) is 18.7. The molecule has 5 atom stereocenters. The smallest absolute Gasteiger partial charge is 0.303 e. The molecular weight excluding hydrogens is 339 g/mol. The molecule has 1 aliphatic rings. The highest BCUT2D eigenvalue weighted by molar-refractivity contribution is 5.66. The molecule has 138 valence electrons. The highest BCUT2D eigenvalue weighted by Gasteiger charge is 2.48. The van der Waals surface area contributed by atoms with Crippen LogP contribution in [0.1, 0.15) is 25.5 Å². The van der Waals surface area contributed by atoms with Gasteiger partial charge in [-0.1, -0.05) is 12.1 Å². The Labute approximate surface area is 142 Å². The zero-order valence-corrected chi connectivity index (χ0v) is 13.6. The highest BCUT2D eigenvalue weighted by Crippen LogP contribution is 2.36. The van der Waals surface area contributed by atoms with Crippen molar-refractivity contribution < 1.29 is 43.5 Å². The first-order chi connectivity index (χ1) is 11.7. The second-order valence-corrected chi connectivity index (χ2v) is 5.63. The molecular formula is C16H19FO8. The fourth-order valence-electron chi connectivity index (χ4n) is 2.62. The molecule has 0 aliphatic carbocycles. The van der Waals surface area contributed by atoms with Crippen LogP contribution in [0.25, 0.3) is 0 Å². The maximum absolute atomic E-state index is 14.1. The van der Waals surface area contributed by atoms with Gasteiger partial charge in [-0.25, -0.2) is 4.39 Å². The molecule has 3 N–H and O–H groups in total. The topological polar surface area (TPSA) is 123 Å². The van der Waals surface area contributed by atoms with Gasteiger partial charge in [0.05, 0.1) is 0 Å². The molecule has 0 amide bonds. The van der Waals surface area contributed by atoms with Crippen molar-refractivity contribution in [3.05, 3.63) is 29.6 Å². The van der Waals surface area contributed by atoms with Crippen molar-refractivity contribution in [1.82, 2.24) is 0 Å². The van der Waals surface area contributed by atoms with Gasteiger partial charge in [0.15, 0.2) is 17.7 Å². The predicted molar refractivity (Wildman–Crippen MR) is 79.9 cm³/mol. The van der Waals surface area contributed by atoms with Crippen molar-refractivity contribution in [1.29, 1.82) is 0 Å². The van der Waals surface area contributed by atoms with Gasteiger partial charge in [-0.3, -0.25) is 9.59 Å². The number of aromatic hydroxyl groups is 1. The summed E-state index contributed by atoms with van der Waals surface area (Å²) in [5.41, 5.74) is -0.194. The molecule has 0 aromatic heterocycles. The van der Waals surface area contributed by atoms with Crippen LogP contribution < -0.4 is 0 Å². The van der Waals surface area contributed by atoms with Gasteiger partial charge in [0, 0.05) is 19.4 Å². The molecule has 1 heterocycles. The summed E-state index contributed by atoms with van der Waals surface area (Å²) >= 11 is 0. The summed E-state index contributed by atoms with van der Waals surface area (Å²) in [5.74, 6) is -3.04. The average Bonchev–Trinajstić information content (AvgIpc) is 2.54. The highest BCUT2D eigenvalue weighted by atomic mass is 19.1. The number of carbonyl (C=O) groups is 2. The maximum Gasteiger partial charge on any atom is 0.303 e. The number of esters is 2. The number of phenols is 1. The molecule has 0 radical (unpaired) electrons. The number of hydrogen-bond acceptors (Lipinski definition) is 8. The first-order valence-electron chi connectivity index (χ1n) is 7.52. The summed E-state index contributed by atoms with van der Waals surface area (Å²) in [6, 6.07) is 3.72. The molecule has 1 aromatic carbocycles. The summed E-state index contributed by atoms with van der Waals surface area (Å²) in [7, 11) is 0. The largest absolute Gasteiger partial charge is 0.505 e. The Balaban J connectivity index is 2.32. The van der Waals surface area contributed by atoms with Gasteiger partial charge in [-0.05, 0) is 6.07 Å². The minimum atomic E-state index is -1.64. The lowest BCUT2D eigenvalue weighted by Crippen LogP contribution is -2.57. The molecule has 0 saturated carbocycles. The Hall–Kier alpha value is -2.23. The molecule has 0 spiro atoms. The molecule has 1 aromatic rings. The third-order valence-corrected chi connectivity index (χ3v) is 3.75. The molecule has 1 aliphatic heterocycles. The fourth-order valence-corrected chi connectivity index (χ4v) is 2.62. The van der Waals surface area contributed by atoms with Crippen molar-refractivity contribution in [3.63, 3.8) is 0 Å². The van der Waals surface area contributed by atoms with E-state index >= 15 is 0 Å². The lowest BCUT2D eigenvalue weighted by Gasteiger charge is -2.42. The molecule has 1 fully saturated rings. The normalized spacial score (nSPS) is 29.1. The first kappa shape index (κ1) is 19.1. The second-order valence-electron chi connectivity index (χ2n) is 5.63. The minimum absolute atomic E-state index is 0.194. The van der Waals surface area contributed by atoms with E-state index in [9.17, 15) is 29.3 Å². The van der Waals surface area contributed by atoms with Crippen LogP contribution in [0, 0.1) is 5.82 Å². The third kappa shape index (κ3) is 4.25. The molecule has 0 unspecified atom stereocenters. The number of ether oxygens (including phenoxy) is 3. The van der Waals surface area contributed by atoms with E-state index in [1.807, 2.05) is 0 Å². The van der Waals surface area contributed by atoms with Crippen LogP contribution in [-0.4, -0.2) is 58.3 Å². The first-order valence-corrected chi connectivity index (χ1v) is 7.52. The van der Waals surface area contributed by atoms with E-state index in [0.29, 0.717) is 0 Å². The van der Waals surface area contributed by atoms with Gasteiger partial charge in [0.25, 0.3) is 0 Å².